The van der Waals surface area contributed by atoms with Crippen LogP contribution in [0.3, 0.4) is 0 Å². The molecular formula is C20H31BN2O3. The molecule has 1 aliphatic heterocycles. The van der Waals surface area contributed by atoms with Crippen LogP contribution in [0.5, 0.6) is 0 Å². The summed E-state index contributed by atoms with van der Waals surface area (Å²) >= 11 is 0. The standard InChI is InChI=1S/C20H31BN2O3/c1-4-23-15-19(26-20(23)22-17-8-6-5-7-9-17)14-16(21)10-11-18(25-3)12-13-24-2/h5-9,12,16,19-20,22H,4,10-11,13-15H2,1-3H3/b18-12+. The summed E-state index contributed by atoms with van der Waals surface area (Å²) in [5.41, 5.74) is 1.06. The van der Waals surface area contributed by atoms with Gasteiger partial charge in [-0.25, -0.2) is 0 Å². The van der Waals surface area contributed by atoms with Gasteiger partial charge >= 0.3 is 0 Å². The van der Waals surface area contributed by atoms with Crippen LogP contribution in [0, 0.1) is 0 Å². The Balaban J connectivity index is 1.80. The molecule has 6 heteroatoms. The van der Waals surface area contributed by atoms with Crippen LogP contribution in [-0.2, 0) is 14.2 Å². The zero-order valence-electron chi connectivity index (χ0n) is 16.2. The number of hydrogen-bond acceptors (Lipinski definition) is 5. The maximum absolute atomic E-state index is 6.34. The summed E-state index contributed by atoms with van der Waals surface area (Å²) < 4.78 is 16.6. The van der Waals surface area contributed by atoms with Gasteiger partial charge in [0, 0.05) is 25.8 Å². The average Bonchev–Trinajstić information content (AvgIpc) is 3.04. The molecule has 1 aliphatic rings. The van der Waals surface area contributed by atoms with Crippen molar-refractivity contribution in [2.45, 2.75) is 44.5 Å². The number of hydrogen-bond donors (Lipinski definition) is 1. The fourth-order valence-electron chi connectivity index (χ4n) is 3.14. The molecule has 3 atom stereocenters. The van der Waals surface area contributed by atoms with Crippen LogP contribution in [0.15, 0.2) is 42.2 Å². The van der Waals surface area contributed by atoms with Crippen LogP contribution < -0.4 is 5.32 Å². The van der Waals surface area contributed by atoms with E-state index in [0.717, 1.165) is 43.8 Å². The molecule has 2 radical (unpaired) electrons. The van der Waals surface area contributed by atoms with Gasteiger partial charge in [-0.3, -0.25) is 4.90 Å². The second-order valence-corrected chi connectivity index (χ2v) is 6.57. The van der Waals surface area contributed by atoms with Crippen LogP contribution in [0.25, 0.3) is 0 Å². The Kier molecular flexibility index (Phi) is 9.02. The van der Waals surface area contributed by atoms with Crippen LogP contribution in [0.2, 0.25) is 5.82 Å². The van der Waals surface area contributed by atoms with Crippen molar-refractivity contribution >= 4 is 13.5 Å². The Bertz CT molecular complexity index is 541. The number of benzene rings is 1. The van der Waals surface area contributed by atoms with E-state index in [1.165, 1.54) is 0 Å². The first-order valence-corrected chi connectivity index (χ1v) is 9.34. The van der Waals surface area contributed by atoms with E-state index in [1.54, 1.807) is 14.2 Å². The molecule has 26 heavy (non-hydrogen) atoms. The smallest absolute Gasteiger partial charge is 0.187 e. The fourth-order valence-corrected chi connectivity index (χ4v) is 3.14. The third-order valence-electron chi connectivity index (χ3n) is 4.63. The molecule has 0 amide bonds. The Morgan fingerprint density at radius 1 is 1.38 bits per heavy atom. The van der Waals surface area contributed by atoms with Gasteiger partial charge in [-0.1, -0.05) is 37.4 Å². The van der Waals surface area contributed by atoms with Crippen molar-refractivity contribution < 1.29 is 14.2 Å². The van der Waals surface area contributed by atoms with E-state index in [0.29, 0.717) is 6.61 Å². The normalized spacial score (nSPS) is 22.3. The van der Waals surface area contributed by atoms with Gasteiger partial charge in [0.1, 0.15) is 0 Å². The van der Waals surface area contributed by atoms with Crippen molar-refractivity contribution in [3.8, 4) is 0 Å². The summed E-state index contributed by atoms with van der Waals surface area (Å²) in [6, 6.07) is 10.1. The average molecular weight is 358 g/mol. The van der Waals surface area contributed by atoms with Gasteiger partial charge in [-0.15, -0.1) is 0 Å². The summed E-state index contributed by atoms with van der Waals surface area (Å²) in [6.45, 7) is 4.54. The number of methoxy groups -OCH3 is 2. The van der Waals surface area contributed by atoms with Gasteiger partial charge in [0.25, 0.3) is 0 Å². The molecule has 0 aromatic heterocycles. The molecule has 0 bridgehead atoms. The Hall–Kier alpha value is -1.50. The van der Waals surface area contributed by atoms with E-state index >= 15 is 0 Å². The molecule has 1 heterocycles. The zero-order valence-corrected chi connectivity index (χ0v) is 16.2. The Morgan fingerprint density at radius 3 is 2.81 bits per heavy atom. The third-order valence-corrected chi connectivity index (χ3v) is 4.63. The lowest BCUT2D eigenvalue weighted by Gasteiger charge is -2.22. The van der Waals surface area contributed by atoms with Gasteiger partial charge in [-0.05, 0) is 31.2 Å². The van der Waals surface area contributed by atoms with Crippen LogP contribution in [0.1, 0.15) is 26.2 Å². The molecule has 1 saturated heterocycles. The lowest BCUT2D eigenvalue weighted by atomic mass is 9.79. The van der Waals surface area contributed by atoms with E-state index in [1.807, 2.05) is 24.3 Å². The van der Waals surface area contributed by atoms with Crippen molar-refractivity contribution in [3.05, 3.63) is 42.2 Å². The maximum atomic E-state index is 6.34. The highest BCUT2D eigenvalue weighted by molar-refractivity contribution is 6.11. The molecule has 1 fully saturated rings. The highest BCUT2D eigenvalue weighted by atomic mass is 16.5. The summed E-state index contributed by atoms with van der Waals surface area (Å²) in [7, 11) is 9.70. The predicted octanol–water partition coefficient (Wildman–Crippen LogP) is 3.41. The van der Waals surface area contributed by atoms with Gasteiger partial charge in [0.05, 0.1) is 33.4 Å². The number of ether oxygens (including phenoxy) is 3. The molecule has 0 spiro atoms. The molecule has 0 aliphatic carbocycles. The highest BCUT2D eigenvalue weighted by Gasteiger charge is 2.32. The molecule has 142 valence electrons. The lowest BCUT2D eigenvalue weighted by Crippen LogP contribution is -2.36. The predicted molar refractivity (Wildman–Crippen MR) is 106 cm³/mol. The number of rotatable bonds is 11. The summed E-state index contributed by atoms with van der Waals surface area (Å²) in [4.78, 5) is 2.30. The first-order chi connectivity index (χ1) is 12.7. The fraction of sp³-hybridized carbons (Fsp3) is 0.600. The first kappa shape index (κ1) is 20.8. The second kappa shape index (κ2) is 11.3. The zero-order chi connectivity index (χ0) is 18.8. The van der Waals surface area contributed by atoms with Crippen LogP contribution in [0.4, 0.5) is 5.69 Å². The van der Waals surface area contributed by atoms with E-state index < -0.39 is 0 Å². The quantitative estimate of drug-likeness (QED) is 0.485. The van der Waals surface area contributed by atoms with Gasteiger partial charge < -0.3 is 19.5 Å². The summed E-state index contributed by atoms with van der Waals surface area (Å²) in [5.74, 6) is 1.00. The van der Waals surface area contributed by atoms with Crippen LogP contribution >= 0.6 is 0 Å². The third kappa shape index (κ3) is 6.67. The molecule has 1 N–H and O–H groups in total. The van der Waals surface area contributed by atoms with Crippen molar-refractivity contribution in [1.82, 2.24) is 4.90 Å². The Morgan fingerprint density at radius 2 is 2.15 bits per heavy atom. The topological polar surface area (TPSA) is 43.0 Å². The summed E-state index contributed by atoms with van der Waals surface area (Å²) in [6.07, 6.45) is 4.52. The number of para-hydroxylation sites is 1. The Labute approximate surface area is 159 Å². The van der Waals surface area contributed by atoms with Crippen molar-refractivity contribution in [2.24, 2.45) is 0 Å². The monoisotopic (exact) mass is 358 g/mol. The van der Waals surface area contributed by atoms with Crippen molar-refractivity contribution in [3.63, 3.8) is 0 Å². The van der Waals surface area contributed by atoms with Gasteiger partial charge in [0.2, 0.25) is 0 Å². The van der Waals surface area contributed by atoms with Crippen LogP contribution in [-0.4, -0.2) is 59.1 Å². The first-order valence-electron chi connectivity index (χ1n) is 9.34. The molecule has 1 aromatic rings. The van der Waals surface area contributed by atoms with E-state index in [4.69, 9.17) is 22.1 Å². The largest absolute Gasteiger partial charge is 0.501 e. The van der Waals surface area contributed by atoms with Crippen molar-refractivity contribution in [1.29, 1.82) is 0 Å². The minimum absolute atomic E-state index is 0.0790. The molecule has 0 saturated carbocycles. The van der Waals surface area contributed by atoms with Gasteiger partial charge in [-0.2, -0.15) is 0 Å². The van der Waals surface area contributed by atoms with E-state index in [2.05, 4.69) is 29.3 Å². The van der Waals surface area contributed by atoms with E-state index in [-0.39, 0.29) is 18.3 Å². The molecule has 5 nitrogen and oxygen atoms in total. The summed E-state index contributed by atoms with van der Waals surface area (Å²) in [5, 5.41) is 3.45. The van der Waals surface area contributed by atoms with Crippen molar-refractivity contribution in [2.75, 3.05) is 39.2 Å². The molecule has 2 rings (SSSR count). The van der Waals surface area contributed by atoms with Gasteiger partial charge in [0.15, 0.2) is 6.35 Å². The number of nitrogens with zero attached hydrogens (tertiary/aromatic N) is 1. The number of nitrogens with one attached hydrogen (secondary N) is 1. The van der Waals surface area contributed by atoms with E-state index in [9.17, 15) is 0 Å². The maximum Gasteiger partial charge on any atom is 0.187 e. The highest BCUT2D eigenvalue weighted by Crippen LogP contribution is 2.27. The molecule has 1 aromatic carbocycles. The SMILES string of the molecule is [B]C(CC/C(=C\COC)OC)CC1CN(CC)C(Nc2ccccc2)O1. The molecular weight excluding hydrogens is 327 g/mol. The minimum atomic E-state index is -0.101. The second-order valence-electron chi connectivity index (χ2n) is 6.57. The number of likely N-dealkylation sites (N-methyl/N-ethyl adjacent to an activating group) is 1. The number of anilines is 1. The molecule has 3 unspecified atom stereocenters. The lowest BCUT2D eigenvalue weighted by molar-refractivity contribution is 0.0184. The number of allylic oxidation sites excluding steroid dienone is 1. The minimum Gasteiger partial charge on any atom is -0.501 e.